The zero-order chi connectivity index (χ0) is 16.8. The van der Waals surface area contributed by atoms with E-state index in [4.69, 9.17) is 16.0 Å². The number of likely N-dealkylation sites (N-methyl/N-ethyl adjacent to an activating group) is 1. The lowest BCUT2D eigenvalue weighted by atomic mass is 10.2. The van der Waals surface area contributed by atoms with Gasteiger partial charge in [0.2, 0.25) is 11.8 Å². The first-order valence-corrected chi connectivity index (χ1v) is 8.51. The van der Waals surface area contributed by atoms with E-state index in [1.807, 2.05) is 26.0 Å². The average Bonchev–Trinajstić information content (AvgIpc) is 2.99. The van der Waals surface area contributed by atoms with E-state index in [2.05, 4.69) is 16.8 Å². The normalized spacial score (nSPS) is 10.6. The van der Waals surface area contributed by atoms with Crippen LogP contribution in [0.25, 0.3) is 11.5 Å². The highest BCUT2D eigenvalue weighted by Gasteiger charge is 2.16. The molecule has 2 rings (SSSR count). The fraction of sp³-hybridized carbons (Fsp3) is 0.312. The molecule has 0 unspecified atom stereocenters. The Kier molecular flexibility index (Phi) is 6.24. The van der Waals surface area contributed by atoms with Crippen molar-refractivity contribution in [1.82, 2.24) is 15.1 Å². The standard InChI is InChI=1S/C16H18ClN3O2S/c1-4-20(9-11(2)3)14(21)10-23-16-19-18-15(22-16)12-7-5-6-8-13(12)17/h5-8H,2,4,9-10H2,1,3H3. The molecule has 0 N–H and O–H groups in total. The molecule has 2 aromatic rings. The van der Waals surface area contributed by atoms with Crippen LogP contribution >= 0.6 is 23.4 Å². The van der Waals surface area contributed by atoms with Gasteiger partial charge in [-0.3, -0.25) is 4.79 Å². The monoisotopic (exact) mass is 351 g/mol. The highest BCUT2D eigenvalue weighted by atomic mass is 35.5. The van der Waals surface area contributed by atoms with E-state index < -0.39 is 0 Å². The van der Waals surface area contributed by atoms with Crippen molar-refractivity contribution in [3.63, 3.8) is 0 Å². The first kappa shape index (κ1) is 17.6. The van der Waals surface area contributed by atoms with Crippen LogP contribution in [-0.4, -0.2) is 39.8 Å². The molecule has 0 aliphatic heterocycles. The SMILES string of the molecule is C=C(C)CN(CC)C(=O)CSc1nnc(-c2ccccc2Cl)o1. The third kappa shape index (κ3) is 4.84. The number of thioether (sulfide) groups is 1. The Morgan fingerprint density at radius 1 is 1.39 bits per heavy atom. The molecule has 0 atom stereocenters. The quantitative estimate of drug-likeness (QED) is 0.559. The number of benzene rings is 1. The van der Waals surface area contributed by atoms with Crippen LogP contribution in [-0.2, 0) is 4.79 Å². The molecule has 0 aliphatic carbocycles. The first-order valence-electron chi connectivity index (χ1n) is 7.14. The van der Waals surface area contributed by atoms with E-state index >= 15 is 0 Å². The lowest BCUT2D eigenvalue weighted by molar-refractivity contribution is -0.127. The Morgan fingerprint density at radius 2 is 2.13 bits per heavy atom. The Labute approximate surface area is 144 Å². The third-order valence-electron chi connectivity index (χ3n) is 3.03. The highest BCUT2D eigenvalue weighted by molar-refractivity contribution is 7.99. The number of hydrogen-bond acceptors (Lipinski definition) is 5. The molecule has 23 heavy (non-hydrogen) atoms. The van der Waals surface area contributed by atoms with Crippen molar-refractivity contribution < 1.29 is 9.21 Å². The van der Waals surface area contributed by atoms with Gasteiger partial charge in [0.15, 0.2) is 0 Å². The first-order chi connectivity index (χ1) is 11.0. The van der Waals surface area contributed by atoms with Gasteiger partial charge in [-0.2, -0.15) is 0 Å². The predicted octanol–water partition coefficient (Wildman–Crippen LogP) is 3.91. The average molecular weight is 352 g/mol. The van der Waals surface area contributed by atoms with Gasteiger partial charge in [0, 0.05) is 13.1 Å². The molecule has 0 saturated carbocycles. The molecule has 0 aliphatic rings. The fourth-order valence-electron chi connectivity index (χ4n) is 1.93. The minimum Gasteiger partial charge on any atom is -0.411 e. The van der Waals surface area contributed by atoms with E-state index in [1.165, 1.54) is 11.8 Å². The minimum absolute atomic E-state index is 0.0120. The molecule has 1 aromatic carbocycles. The minimum atomic E-state index is 0.0120. The van der Waals surface area contributed by atoms with E-state index in [1.54, 1.807) is 17.0 Å². The summed E-state index contributed by atoms with van der Waals surface area (Å²) in [6.45, 7) is 8.87. The molecule has 0 bridgehead atoms. The van der Waals surface area contributed by atoms with Gasteiger partial charge in [0.05, 0.1) is 16.3 Å². The second-order valence-electron chi connectivity index (χ2n) is 5.01. The Balaban J connectivity index is 1.98. The molecular weight excluding hydrogens is 334 g/mol. The lowest BCUT2D eigenvalue weighted by Crippen LogP contribution is -2.33. The maximum Gasteiger partial charge on any atom is 0.277 e. The predicted molar refractivity (Wildman–Crippen MR) is 92.5 cm³/mol. The van der Waals surface area contributed by atoms with Gasteiger partial charge in [0.25, 0.3) is 5.22 Å². The summed E-state index contributed by atoms with van der Waals surface area (Å²) in [6, 6.07) is 7.24. The Morgan fingerprint density at radius 3 is 2.78 bits per heavy atom. The van der Waals surface area contributed by atoms with Crippen molar-refractivity contribution in [2.75, 3.05) is 18.8 Å². The van der Waals surface area contributed by atoms with Gasteiger partial charge < -0.3 is 9.32 Å². The second kappa shape index (κ2) is 8.17. The number of halogens is 1. The van der Waals surface area contributed by atoms with Gasteiger partial charge in [0.1, 0.15) is 0 Å². The van der Waals surface area contributed by atoms with Gasteiger partial charge >= 0.3 is 0 Å². The Bertz CT molecular complexity index is 702. The lowest BCUT2D eigenvalue weighted by Gasteiger charge is -2.20. The van der Waals surface area contributed by atoms with Crippen LogP contribution in [0, 0.1) is 0 Å². The summed E-state index contributed by atoms with van der Waals surface area (Å²) in [4.78, 5) is 13.9. The molecule has 122 valence electrons. The van der Waals surface area contributed by atoms with Gasteiger partial charge in [-0.25, -0.2) is 0 Å². The maximum absolute atomic E-state index is 12.2. The van der Waals surface area contributed by atoms with Crippen LogP contribution in [0.1, 0.15) is 13.8 Å². The van der Waals surface area contributed by atoms with E-state index in [0.29, 0.717) is 34.8 Å². The molecule has 0 fully saturated rings. The molecule has 1 amide bonds. The highest BCUT2D eigenvalue weighted by Crippen LogP contribution is 2.28. The fourth-order valence-corrected chi connectivity index (χ4v) is 2.81. The smallest absolute Gasteiger partial charge is 0.277 e. The summed E-state index contributed by atoms with van der Waals surface area (Å²) in [5.74, 6) is 0.600. The summed E-state index contributed by atoms with van der Waals surface area (Å²) in [5, 5.41) is 8.82. The summed E-state index contributed by atoms with van der Waals surface area (Å²) in [6.07, 6.45) is 0. The van der Waals surface area contributed by atoms with Crippen LogP contribution in [0.4, 0.5) is 0 Å². The van der Waals surface area contributed by atoms with Gasteiger partial charge in [-0.15, -0.1) is 10.2 Å². The summed E-state index contributed by atoms with van der Waals surface area (Å²) in [5.41, 5.74) is 1.63. The number of aromatic nitrogens is 2. The van der Waals surface area contributed by atoms with Crippen LogP contribution in [0.2, 0.25) is 5.02 Å². The number of hydrogen-bond donors (Lipinski definition) is 0. The maximum atomic E-state index is 12.2. The molecule has 0 radical (unpaired) electrons. The van der Waals surface area contributed by atoms with Crippen molar-refractivity contribution in [1.29, 1.82) is 0 Å². The number of carbonyl (C=O) groups is 1. The number of rotatable bonds is 7. The topological polar surface area (TPSA) is 59.2 Å². The van der Waals surface area contributed by atoms with E-state index in [9.17, 15) is 4.79 Å². The van der Waals surface area contributed by atoms with E-state index in [-0.39, 0.29) is 11.7 Å². The largest absolute Gasteiger partial charge is 0.411 e. The number of amides is 1. The van der Waals surface area contributed by atoms with Crippen molar-refractivity contribution in [2.45, 2.75) is 19.1 Å². The zero-order valence-corrected chi connectivity index (χ0v) is 14.7. The van der Waals surface area contributed by atoms with Gasteiger partial charge in [-0.1, -0.05) is 47.6 Å². The summed E-state index contributed by atoms with van der Waals surface area (Å²) >= 11 is 7.32. The van der Waals surface area contributed by atoms with Crippen molar-refractivity contribution >= 4 is 29.3 Å². The molecule has 0 saturated heterocycles. The Hall–Kier alpha value is -1.79. The molecule has 5 nitrogen and oxygen atoms in total. The van der Waals surface area contributed by atoms with Gasteiger partial charge in [-0.05, 0) is 26.0 Å². The summed E-state index contributed by atoms with van der Waals surface area (Å²) in [7, 11) is 0. The molecule has 0 spiro atoms. The molecule has 1 heterocycles. The van der Waals surface area contributed by atoms with Crippen LogP contribution in [0.3, 0.4) is 0 Å². The third-order valence-corrected chi connectivity index (χ3v) is 4.16. The molecule has 1 aromatic heterocycles. The number of nitrogens with zero attached hydrogens (tertiary/aromatic N) is 3. The van der Waals surface area contributed by atoms with Crippen molar-refractivity contribution in [2.24, 2.45) is 0 Å². The summed E-state index contributed by atoms with van der Waals surface area (Å²) < 4.78 is 5.56. The van der Waals surface area contributed by atoms with Crippen molar-refractivity contribution in [3.8, 4) is 11.5 Å². The van der Waals surface area contributed by atoms with E-state index in [0.717, 1.165) is 5.57 Å². The van der Waals surface area contributed by atoms with Crippen molar-refractivity contribution in [3.05, 3.63) is 41.4 Å². The second-order valence-corrected chi connectivity index (χ2v) is 6.34. The molecule has 7 heteroatoms. The zero-order valence-electron chi connectivity index (χ0n) is 13.1. The van der Waals surface area contributed by atoms with Crippen LogP contribution < -0.4 is 0 Å². The molecular formula is C16H18ClN3O2S. The van der Waals surface area contributed by atoms with Crippen LogP contribution in [0.15, 0.2) is 46.1 Å². The van der Waals surface area contributed by atoms with Crippen LogP contribution in [0.5, 0.6) is 0 Å². The number of carbonyl (C=O) groups excluding carboxylic acids is 1.